The van der Waals surface area contributed by atoms with Gasteiger partial charge in [-0.1, -0.05) is 51.3 Å². The van der Waals surface area contributed by atoms with Gasteiger partial charge in [-0.2, -0.15) is 0 Å². The van der Waals surface area contributed by atoms with Crippen molar-refractivity contribution in [2.45, 2.75) is 58.4 Å². The van der Waals surface area contributed by atoms with Gasteiger partial charge in [-0.05, 0) is 31.4 Å². The largest absolute Gasteiger partial charge is 0.461 e. The second-order valence-corrected chi connectivity index (χ2v) is 6.73. The molecule has 0 saturated heterocycles. The summed E-state index contributed by atoms with van der Waals surface area (Å²) in [6, 6.07) is 8.87. The van der Waals surface area contributed by atoms with Crippen LogP contribution >= 0.6 is 0 Å². The van der Waals surface area contributed by atoms with Crippen molar-refractivity contribution in [3.05, 3.63) is 35.6 Å². The lowest BCUT2D eigenvalue weighted by Crippen LogP contribution is -2.36. The molecule has 2 aromatic rings. The third kappa shape index (κ3) is 2.50. The highest BCUT2D eigenvalue weighted by atomic mass is 16.3. The zero-order valence-electron chi connectivity index (χ0n) is 13.5. The van der Waals surface area contributed by atoms with Gasteiger partial charge in [0.15, 0.2) is 0 Å². The van der Waals surface area contributed by atoms with Crippen LogP contribution in [0.5, 0.6) is 0 Å². The average molecular weight is 285 g/mol. The highest BCUT2D eigenvalue weighted by molar-refractivity contribution is 5.83. The van der Waals surface area contributed by atoms with Crippen molar-refractivity contribution in [1.82, 2.24) is 5.32 Å². The first kappa shape index (κ1) is 14.6. The minimum Gasteiger partial charge on any atom is -0.461 e. The number of benzene rings is 1. The standard InChI is InChI=1S/C19H27NO/c1-4-15-17(14-10-6-7-11-16(14)21-15)18(20-3)19(2)12-8-5-9-13-19/h6-7,10-11,18,20H,4-5,8-9,12-13H2,1-3H3. The van der Waals surface area contributed by atoms with Crippen molar-refractivity contribution in [3.8, 4) is 0 Å². The van der Waals surface area contributed by atoms with Crippen LogP contribution in [0.2, 0.25) is 0 Å². The van der Waals surface area contributed by atoms with E-state index in [9.17, 15) is 0 Å². The fraction of sp³-hybridized carbons (Fsp3) is 0.579. The van der Waals surface area contributed by atoms with Crippen molar-refractivity contribution < 1.29 is 4.42 Å². The van der Waals surface area contributed by atoms with E-state index < -0.39 is 0 Å². The van der Waals surface area contributed by atoms with Gasteiger partial charge in [-0.25, -0.2) is 0 Å². The van der Waals surface area contributed by atoms with Crippen LogP contribution in [-0.4, -0.2) is 7.05 Å². The first-order chi connectivity index (χ1) is 10.2. The molecule has 3 rings (SSSR count). The van der Waals surface area contributed by atoms with Gasteiger partial charge < -0.3 is 9.73 Å². The molecule has 21 heavy (non-hydrogen) atoms. The molecule has 2 heteroatoms. The fourth-order valence-electron chi connectivity index (χ4n) is 4.18. The molecule has 1 aliphatic rings. The zero-order valence-corrected chi connectivity index (χ0v) is 13.5. The molecule has 0 spiro atoms. The summed E-state index contributed by atoms with van der Waals surface area (Å²) in [7, 11) is 2.10. The summed E-state index contributed by atoms with van der Waals surface area (Å²) in [5.74, 6) is 1.15. The molecule has 1 atom stereocenters. The van der Waals surface area contributed by atoms with Gasteiger partial charge in [0.2, 0.25) is 0 Å². The predicted octanol–water partition coefficient (Wildman–Crippen LogP) is 5.23. The van der Waals surface area contributed by atoms with Crippen molar-refractivity contribution in [3.63, 3.8) is 0 Å². The highest BCUT2D eigenvalue weighted by Gasteiger charge is 2.38. The molecule has 1 aromatic heterocycles. The Hall–Kier alpha value is -1.28. The SMILES string of the molecule is CCc1oc2ccccc2c1C(NC)C1(C)CCCCC1. The molecule has 1 unspecified atom stereocenters. The molecule has 1 aromatic carbocycles. The molecule has 0 amide bonds. The van der Waals surface area contributed by atoms with E-state index in [0.29, 0.717) is 11.5 Å². The molecule has 0 radical (unpaired) electrons. The molecule has 2 nitrogen and oxygen atoms in total. The van der Waals surface area contributed by atoms with Crippen molar-refractivity contribution in [2.75, 3.05) is 7.05 Å². The number of rotatable bonds is 4. The lowest BCUT2D eigenvalue weighted by Gasteiger charge is -2.41. The summed E-state index contributed by atoms with van der Waals surface area (Å²) < 4.78 is 6.13. The Labute approximate surface area is 127 Å². The molecule has 1 fully saturated rings. The van der Waals surface area contributed by atoms with Gasteiger partial charge in [-0.3, -0.25) is 0 Å². The number of aryl methyl sites for hydroxylation is 1. The van der Waals surface area contributed by atoms with E-state index in [1.54, 1.807) is 0 Å². The van der Waals surface area contributed by atoms with Crippen LogP contribution < -0.4 is 5.32 Å². The molecule has 0 aliphatic heterocycles. The topological polar surface area (TPSA) is 25.2 Å². The van der Waals surface area contributed by atoms with Crippen LogP contribution in [0.4, 0.5) is 0 Å². The molecule has 1 saturated carbocycles. The molecular formula is C19H27NO. The number of nitrogens with one attached hydrogen (secondary N) is 1. The minimum atomic E-state index is 0.337. The van der Waals surface area contributed by atoms with E-state index in [1.165, 1.54) is 43.1 Å². The second kappa shape index (κ2) is 5.84. The van der Waals surface area contributed by atoms with Gasteiger partial charge in [0, 0.05) is 23.4 Å². The number of fused-ring (bicyclic) bond motifs is 1. The second-order valence-electron chi connectivity index (χ2n) is 6.73. The van der Waals surface area contributed by atoms with Crippen LogP contribution in [0.3, 0.4) is 0 Å². The summed E-state index contributed by atoms with van der Waals surface area (Å²) in [4.78, 5) is 0. The smallest absolute Gasteiger partial charge is 0.134 e. The van der Waals surface area contributed by atoms with Crippen molar-refractivity contribution in [2.24, 2.45) is 5.41 Å². The van der Waals surface area contributed by atoms with E-state index in [4.69, 9.17) is 4.42 Å². The molecule has 114 valence electrons. The number of furan rings is 1. The molecule has 0 bridgehead atoms. The van der Waals surface area contributed by atoms with Crippen LogP contribution in [0.25, 0.3) is 11.0 Å². The summed E-state index contributed by atoms with van der Waals surface area (Å²) in [6.45, 7) is 4.64. The van der Waals surface area contributed by atoms with E-state index in [0.717, 1.165) is 17.8 Å². The maximum absolute atomic E-state index is 6.13. The van der Waals surface area contributed by atoms with Gasteiger partial charge in [0.05, 0.1) is 0 Å². The first-order valence-electron chi connectivity index (χ1n) is 8.37. The Morgan fingerprint density at radius 2 is 1.90 bits per heavy atom. The van der Waals surface area contributed by atoms with E-state index in [-0.39, 0.29) is 0 Å². The quantitative estimate of drug-likeness (QED) is 0.832. The van der Waals surface area contributed by atoms with Gasteiger partial charge in [0.1, 0.15) is 11.3 Å². The summed E-state index contributed by atoms with van der Waals surface area (Å²) in [5, 5.41) is 4.91. The molecule has 1 N–H and O–H groups in total. The van der Waals surface area contributed by atoms with Crippen LogP contribution in [0, 0.1) is 5.41 Å². The van der Waals surface area contributed by atoms with Gasteiger partial charge in [-0.15, -0.1) is 0 Å². The number of hydrogen-bond donors (Lipinski definition) is 1. The maximum Gasteiger partial charge on any atom is 0.134 e. The van der Waals surface area contributed by atoms with Gasteiger partial charge >= 0.3 is 0 Å². The molecule has 1 heterocycles. The van der Waals surface area contributed by atoms with Crippen LogP contribution in [0.15, 0.2) is 28.7 Å². The normalized spacial score (nSPS) is 19.8. The Morgan fingerprint density at radius 1 is 1.19 bits per heavy atom. The molecular weight excluding hydrogens is 258 g/mol. The molecule has 1 aliphatic carbocycles. The van der Waals surface area contributed by atoms with Crippen LogP contribution in [-0.2, 0) is 6.42 Å². The Morgan fingerprint density at radius 3 is 2.57 bits per heavy atom. The third-order valence-corrected chi connectivity index (χ3v) is 5.30. The van der Waals surface area contributed by atoms with E-state index in [1.807, 2.05) is 0 Å². The van der Waals surface area contributed by atoms with Crippen molar-refractivity contribution in [1.29, 1.82) is 0 Å². The van der Waals surface area contributed by atoms with E-state index in [2.05, 4.69) is 50.5 Å². The monoisotopic (exact) mass is 285 g/mol. The lowest BCUT2D eigenvalue weighted by atomic mass is 9.68. The zero-order chi connectivity index (χ0) is 14.9. The number of para-hydroxylation sites is 1. The lowest BCUT2D eigenvalue weighted by molar-refractivity contribution is 0.150. The van der Waals surface area contributed by atoms with Crippen molar-refractivity contribution >= 4 is 11.0 Å². The Kier molecular flexibility index (Phi) is 4.08. The number of hydrogen-bond acceptors (Lipinski definition) is 2. The minimum absolute atomic E-state index is 0.337. The Bertz CT molecular complexity index is 607. The summed E-state index contributed by atoms with van der Waals surface area (Å²) in [5.41, 5.74) is 2.77. The maximum atomic E-state index is 6.13. The first-order valence-corrected chi connectivity index (χ1v) is 8.37. The van der Waals surface area contributed by atoms with Crippen LogP contribution in [0.1, 0.15) is 63.3 Å². The summed E-state index contributed by atoms with van der Waals surface area (Å²) >= 11 is 0. The summed E-state index contributed by atoms with van der Waals surface area (Å²) in [6.07, 6.45) is 7.66. The van der Waals surface area contributed by atoms with Gasteiger partial charge in [0.25, 0.3) is 0 Å². The predicted molar refractivity (Wildman–Crippen MR) is 88.6 cm³/mol. The third-order valence-electron chi connectivity index (χ3n) is 5.30. The average Bonchev–Trinajstić information content (AvgIpc) is 2.87. The fourth-order valence-corrected chi connectivity index (χ4v) is 4.18. The Balaban J connectivity index is 2.11. The highest BCUT2D eigenvalue weighted by Crippen LogP contribution is 2.48. The van der Waals surface area contributed by atoms with E-state index >= 15 is 0 Å².